The fraction of sp³-hybridized carbons (Fsp3) is 0.875. The molecule has 5 nitrogen and oxygen atoms in total. The summed E-state index contributed by atoms with van der Waals surface area (Å²) in [5.74, 6) is 0.277. The lowest BCUT2D eigenvalue weighted by Crippen LogP contribution is -2.70. The van der Waals surface area contributed by atoms with Gasteiger partial charge in [-0.3, -0.25) is 9.59 Å². The fourth-order valence-corrected chi connectivity index (χ4v) is 3.53. The number of hydrogen-bond acceptors (Lipinski definition) is 3. The molecule has 1 heterocycles. The highest BCUT2D eigenvalue weighted by Gasteiger charge is 2.48. The normalized spacial score (nSPS) is 28.4. The second-order valence-corrected chi connectivity index (χ2v) is 6.96. The minimum Gasteiger partial charge on any atom is -0.380 e. The van der Waals surface area contributed by atoms with Gasteiger partial charge in [-0.2, -0.15) is 0 Å². The van der Waals surface area contributed by atoms with E-state index in [0.29, 0.717) is 6.54 Å². The number of methoxy groups -OCH3 is 1. The molecular formula is C16H28N2O3. The number of carbonyl (C=O) groups is 2. The zero-order chi connectivity index (χ0) is 15.6. The Morgan fingerprint density at radius 1 is 1.29 bits per heavy atom. The smallest absolute Gasteiger partial charge is 0.248 e. The highest BCUT2D eigenvalue weighted by molar-refractivity contribution is 5.99. The summed E-state index contributed by atoms with van der Waals surface area (Å²) < 4.78 is 5.31. The van der Waals surface area contributed by atoms with E-state index >= 15 is 0 Å². The van der Waals surface area contributed by atoms with E-state index in [1.807, 2.05) is 6.92 Å². The van der Waals surface area contributed by atoms with Crippen molar-refractivity contribution in [3.8, 4) is 0 Å². The maximum atomic E-state index is 12.8. The molecule has 2 rings (SSSR count). The van der Waals surface area contributed by atoms with Crippen LogP contribution in [0.5, 0.6) is 0 Å². The minimum absolute atomic E-state index is 0.00146. The molecule has 0 aromatic rings. The maximum Gasteiger partial charge on any atom is 0.248 e. The Hall–Kier alpha value is -1.10. The molecule has 1 N–H and O–H groups in total. The van der Waals surface area contributed by atoms with Gasteiger partial charge in [-0.1, -0.05) is 19.3 Å². The van der Waals surface area contributed by atoms with E-state index < -0.39 is 5.54 Å². The average Bonchev–Trinajstić information content (AvgIpc) is 2.45. The zero-order valence-corrected chi connectivity index (χ0v) is 13.6. The van der Waals surface area contributed by atoms with Crippen LogP contribution in [-0.4, -0.2) is 48.1 Å². The number of rotatable bonds is 4. The molecule has 2 atom stereocenters. The molecule has 21 heavy (non-hydrogen) atoms. The highest BCUT2D eigenvalue weighted by Crippen LogP contribution is 2.32. The van der Waals surface area contributed by atoms with Crippen LogP contribution in [0.1, 0.15) is 52.9 Å². The lowest BCUT2D eigenvalue weighted by molar-refractivity contribution is -0.158. The topological polar surface area (TPSA) is 58.6 Å². The summed E-state index contributed by atoms with van der Waals surface area (Å²) in [4.78, 5) is 27.1. The predicted octanol–water partition coefficient (Wildman–Crippen LogP) is 1.71. The summed E-state index contributed by atoms with van der Waals surface area (Å²) in [5.41, 5.74) is -0.824. The van der Waals surface area contributed by atoms with E-state index in [9.17, 15) is 9.59 Å². The van der Waals surface area contributed by atoms with Crippen LogP contribution in [0.15, 0.2) is 0 Å². The molecule has 0 spiro atoms. The van der Waals surface area contributed by atoms with Gasteiger partial charge in [-0.05, 0) is 39.5 Å². The summed E-state index contributed by atoms with van der Waals surface area (Å²) >= 11 is 0. The molecule has 120 valence electrons. The molecule has 1 saturated carbocycles. The molecular weight excluding hydrogens is 268 g/mol. The number of nitrogens with zero attached hydrogens (tertiary/aromatic N) is 1. The molecule has 0 aromatic carbocycles. The predicted molar refractivity (Wildman–Crippen MR) is 80.8 cm³/mol. The van der Waals surface area contributed by atoms with Gasteiger partial charge in [-0.15, -0.1) is 0 Å². The molecule has 5 heteroatoms. The van der Waals surface area contributed by atoms with Gasteiger partial charge in [-0.25, -0.2) is 0 Å². The molecule has 1 aliphatic heterocycles. The van der Waals surface area contributed by atoms with Gasteiger partial charge >= 0.3 is 0 Å². The Morgan fingerprint density at radius 3 is 2.48 bits per heavy atom. The van der Waals surface area contributed by atoms with Crippen molar-refractivity contribution in [2.45, 2.75) is 70.6 Å². The first-order chi connectivity index (χ1) is 9.86. The second-order valence-electron chi connectivity index (χ2n) is 6.96. The SMILES string of the molecule is COC(C)CN1C(=O)C(C)(C)NC(=O)C1C1CCCCC1. The van der Waals surface area contributed by atoms with Crippen LogP contribution in [0.3, 0.4) is 0 Å². The standard InChI is InChI=1S/C16H28N2O3/c1-11(21-4)10-18-13(12-8-6-5-7-9-12)14(19)17-16(2,3)15(18)20/h11-13H,5-10H2,1-4H3,(H,17,19). The Kier molecular flexibility index (Phi) is 4.91. The third-order valence-corrected chi connectivity index (χ3v) is 4.79. The molecule has 0 bridgehead atoms. The van der Waals surface area contributed by atoms with Crippen LogP contribution in [0, 0.1) is 5.92 Å². The van der Waals surface area contributed by atoms with E-state index in [1.165, 1.54) is 6.42 Å². The number of hydrogen-bond donors (Lipinski definition) is 1. The van der Waals surface area contributed by atoms with Crippen LogP contribution >= 0.6 is 0 Å². The van der Waals surface area contributed by atoms with Crippen molar-refractivity contribution in [3.63, 3.8) is 0 Å². The molecule has 2 unspecified atom stereocenters. The summed E-state index contributed by atoms with van der Waals surface area (Å²) in [7, 11) is 1.64. The average molecular weight is 296 g/mol. The van der Waals surface area contributed by atoms with E-state index in [4.69, 9.17) is 4.74 Å². The second kappa shape index (κ2) is 6.34. The molecule has 2 amide bonds. The number of amides is 2. The number of carbonyl (C=O) groups excluding carboxylic acids is 2. The van der Waals surface area contributed by atoms with E-state index in [-0.39, 0.29) is 29.9 Å². The first-order valence-electron chi connectivity index (χ1n) is 8.02. The van der Waals surface area contributed by atoms with Crippen molar-refractivity contribution < 1.29 is 14.3 Å². The number of nitrogens with one attached hydrogen (secondary N) is 1. The Bertz CT molecular complexity index is 402. The Labute approximate surface area is 127 Å². The maximum absolute atomic E-state index is 12.8. The monoisotopic (exact) mass is 296 g/mol. The van der Waals surface area contributed by atoms with E-state index in [0.717, 1.165) is 25.7 Å². The minimum atomic E-state index is -0.824. The van der Waals surface area contributed by atoms with Gasteiger partial charge < -0.3 is 15.0 Å². The van der Waals surface area contributed by atoms with Crippen molar-refractivity contribution >= 4 is 11.8 Å². The van der Waals surface area contributed by atoms with Crippen LogP contribution in [0.2, 0.25) is 0 Å². The van der Waals surface area contributed by atoms with Crippen molar-refractivity contribution in [2.75, 3.05) is 13.7 Å². The quantitative estimate of drug-likeness (QED) is 0.859. The van der Waals surface area contributed by atoms with E-state index in [2.05, 4.69) is 5.32 Å². The first-order valence-corrected chi connectivity index (χ1v) is 8.02. The van der Waals surface area contributed by atoms with Crippen LogP contribution in [-0.2, 0) is 14.3 Å². The van der Waals surface area contributed by atoms with Crippen molar-refractivity contribution in [1.82, 2.24) is 10.2 Å². The van der Waals surface area contributed by atoms with Gasteiger partial charge in [0.1, 0.15) is 11.6 Å². The summed E-state index contributed by atoms with van der Waals surface area (Å²) in [6.07, 6.45) is 5.53. The third-order valence-electron chi connectivity index (χ3n) is 4.79. The molecule has 1 saturated heterocycles. The third kappa shape index (κ3) is 3.39. The Balaban J connectivity index is 2.24. The van der Waals surface area contributed by atoms with Crippen molar-refractivity contribution in [3.05, 3.63) is 0 Å². The lowest BCUT2D eigenvalue weighted by atomic mass is 9.80. The largest absolute Gasteiger partial charge is 0.380 e. The molecule has 2 fully saturated rings. The van der Waals surface area contributed by atoms with Crippen molar-refractivity contribution in [2.24, 2.45) is 5.92 Å². The van der Waals surface area contributed by atoms with Crippen molar-refractivity contribution in [1.29, 1.82) is 0 Å². The van der Waals surface area contributed by atoms with Gasteiger partial charge in [0.05, 0.1) is 6.10 Å². The van der Waals surface area contributed by atoms with Gasteiger partial charge in [0.25, 0.3) is 0 Å². The first kappa shape index (κ1) is 16.3. The summed E-state index contributed by atoms with van der Waals surface area (Å²) in [5, 5.41) is 2.90. The van der Waals surface area contributed by atoms with Gasteiger partial charge in [0, 0.05) is 13.7 Å². The molecule has 0 radical (unpaired) electrons. The van der Waals surface area contributed by atoms with Gasteiger partial charge in [0.15, 0.2) is 0 Å². The van der Waals surface area contributed by atoms with Crippen LogP contribution in [0.4, 0.5) is 0 Å². The van der Waals surface area contributed by atoms with E-state index in [1.54, 1.807) is 25.9 Å². The van der Waals surface area contributed by atoms with Crippen LogP contribution < -0.4 is 5.32 Å². The lowest BCUT2D eigenvalue weighted by Gasteiger charge is -2.47. The zero-order valence-electron chi connectivity index (χ0n) is 13.6. The molecule has 2 aliphatic rings. The number of piperazine rings is 1. The molecule has 0 aromatic heterocycles. The molecule has 1 aliphatic carbocycles. The summed E-state index contributed by atoms with van der Waals surface area (Å²) in [6.45, 7) is 5.96. The highest BCUT2D eigenvalue weighted by atomic mass is 16.5. The van der Waals surface area contributed by atoms with Gasteiger partial charge in [0.2, 0.25) is 11.8 Å². The number of ether oxygens (including phenoxy) is 1. The van der Waals surface area contributed by atoms with Crippen LogP contribution in [0.25, 0.3) is 0 Å². The summed E-state index contributed by atoms with van der Waals surface area (Å²) in [6, 6.07) is -0.330. The Morgan fingerprint density at radius 2 is 1.90 bits per heavy atom. The fourth-order valence-electron chi connectivity index (χ4n) is 3.53.